The molecule has 0 saturated carbocycles. The molecule has 0 aliphatic carbocycles. The molecule has 0 aromatic heterocycles. The monoisotopic (exact) mass is 206 g/mol. The van der Waals surface area contributed by atoms with Crippen molar-refractivity contribution in [3.05, 3.63) is 28.3 Å². The minimum absolute atomic E-state index is 0.0702. The van der Waals surface area contributed by atoms with Gasteiger partial charge in [-0.3, -0.25) is 0 Å². The number of benzene rings is 1. The van der Waals surface area contributed by atoms with Crippen molar-refractivity contribution in [3.8, 4) is 5.75 Å². The predicted molar refractivity (Wildman–Crippen MR) is 60.3 cm³/mol. The first-order chi connectivity index (χ1) is 7.06. The average Bonchev–Trinajstić information content (AvgIpc) is 2.53. The third-order valence-corrected chi connectivity index (χ3v) is 3.35. The van der Waals surface area contributed by atoms with Gasteiger partial charge < -0.3 is 9.84 Å². The summed E-state index contributed by atoms with van der Waals surface area (Å²) < 4.78 is 5.81. The van der Waals surface area contributed by atoms with E-state index in [4.69, 9.17) is 4.74 Å². The van der Waals surface area contributed by atoms with E-state index >= 15 is 0 Å². The highest BCUT2D eigenvalue weighted by molar-refractivity contribution is 5.53. The van der Waals surface area contributed by atoms with Gasteiger partial charge in [0.05, 0.1) is 0 Å². The maximum absolute atomic E-state index is 10.1. The zero-order valence-corrected chi connectivity index (χ0v) is 9.79. The first-order valence-corrected chi connectivity index (χ1v) is 5.51. The van der Waals surface area contributed by atoms with Crippen LogP contribution in [0, 0.1) is 20.8 Å². The van der Waals surface area contributed by atoms with Gasteiger partial charge in [-0.15, -0.1) is 0 Å². The molecule has 15 heavy (non-hydrogen) atoms. The Kier molecular flexibility index (Phi) is 2.47. The van der Waals surface area contributed by atoms with E-state index < -0.39 is 6.10 Å². The van der Waals surface area contributed by atoms with Crippen LogP contribution < -0.4 is 4.74 Å². The molecule has 2 atom stereocenters. The van der Waals surface area contributed by atoms with Crippen molar-refractivity contribution in [2.75, 3.05) is 0 Å². The number of hydrogen-bond acceptors (Lipinski definition) is 2. The van der Waals surface area contributed by atoms with Gasteiger partial charge >= 0.3 is 0 Å². The Bertz CT molecular complexity index is 396. The van der Waals surface area contributed by atoms with Crippen LogP contribution in [0.4, 0.5) is 0 Å². The van der Waals surface area contributed by atoms with E-state index in [0.717, 1.165) is 28.9 Å². The SMILES string of the molecule is CCC1Oc2c(C)c(C)cc(C)c2C1O. The largest absolute Gasteiger partial charge is 0.487 e. The molecule has 2 nitrogen and oxygen atoms in total. The molecule has 0 amide bonds. The van der Waals surface area contributed by atoms with E-state index in [1.165, 1.54) is 5.56 Å². The fraction of sp³-hybridized carbons (Fsp3) is 0.538. The van der Waals surface area contributed by atoms with Gasteiger partial charge in [0.1, 0.15) is 18.0 Å². The number of fused-ring (bicyclic) bond motifs is 1. The summed E-state index contributed by atoms with van der Waals surface area (Å²) in [6, 6.07) is 2.12. The molecule has 1 aromatic carbocycles. The summed E-state index contributed by atoms with van der Waals surface area (Å²) in [5.74, 6) is 0.909. The molecule has 1 heterocycles. The van der Waals surface area contributed by atoms with E-state index in [9.17, 15) is 5.11 Å². The Morgan fingerprint density at radius 1 is 1.27 bits per heavy atom. The Morgan fingerprint density at radius 2 is 1.93 bits per heavy atom. The normalized spacial score (nSPS) is 23.8. The van der Waals surface area contributed by atoms with Crippen LogP contribution in [0.2, 0.25) is 0 Å². The highest BCUT2D eigenvalue weighted by Crippen LogP contribution is 2.43. The third kappa shape index (κ3) is 1.44. The summed E-state index contributed by atoms with van der Waals surface area (Å²) >= 11 is 0. The summed E-state index contributed by atoms with van der Waals surface area (Å²) in [5, 5.41) is 10.1. The second kappa shape index (κ2) is 3.53. The molecule has 0 radical (unpaired) electrons. The first-order valence-electron chi connectivity index (χ1n) is 5.51. The molecule has 0 bridgehead atoms. The van der Waals surface area contributed by atoms with Crippen LogP contribution in [0.5, 0.6) is 5.75 Å². The average molecular weight is 206 g/mol. The summed E-state index contributed by atoms with van der Waals surface area (Å²) in [6.07, 6.45) is 0.317. The number of rotatable bonds is 1. The number of aryl methyl sites for hydroxylation is 2. The van der Waals surface area contributed by atoms with E-state index in [1.54, 1.807) is 0 Å². The smallest absolute Gasteiger partial charge is 0.129 e. The van der Waals surface area contributed by atoms with Crippen molar-refractivity contribution in [2.45, 2.75) is 46.3 Å². The highest BCUT2D eigenvalue weighted by Gasteiger charge is 2.34. The minimum atomic E-state index is -0.454. The van der Waals surface area contributed by atoms with E-state index in [-0.39, 0.29) is 6.10 Å². The molecule has 2 heteroatoms. The maximum atomic E-state index is 10.1. The van der Waals surface area contributed by atoms with Crippen molar-refractivity contribution in [1.29, 1.82) is 0 Å². The Hall–Kier alpha value is -1.02. The second-order valence-corrected chi connectivity index (χ2v) is 4.39. The van der Waals surface area contributed by atoms with Gasteiger partial charge in [0, 0.05) is 5.56 Å². The molecule has 2 unspecified atom stereocenters. The van der Waals surface area contributed by atoms with Crippen LogP contribution in [0.3, 0.4) is 0 Å². The quantitative estimate of drug-likeness (QED) is 0.765. The number of ether oxygens (including phenoxy) is 1. The minimum Gasteiger partial charge on any atom is -0.487 e. The summed E-state index contributed by atoms with van der Waals surface area (Å²) in [6.45, 7) is 8.21. The Balaban J connectivity index is 2.58. The molecule has 0 fully saturated rings. The second-order valence-electron chi connectivity index (χ2n) is 4.39. The predicted octanol–water partition coefficient (Wildman–Crippen LogP) is 2.82. The third-order valence-electron chi connectivity index (χ3n) is 3.35. The number of aliphatic hydroxyl groups is 1. The van der Waals surface area contributed by atoms with Crippen molar-refractivity contribution in [3.63, 3.8) is 0 Å². The molecule has 0 saturated heterocycles. The van der Waals surface area contributed by atoms with E-state index in [2.05, 4.69) is 19.9 Å². The lowest BCUT2D eigenvalue weighted by atomic mass is 9.95. The fourth-order valence-electron chi connectivity index (χ4n) is 2.30. The molecular formula is C13H18O2. The van der Waals surface area contributed by atoms with Crippen molar-refractivity contribution in [2.24, 2.45) is 0 Å². The molecule has 1 aromatic rings. The van der Waals surface area contributed by atoms with Gasteiger partial charge in [-0.1, -0.05) is 13.0 Å². The van der Waals surface area contributed by atoms with Gasteiger partial charge in [-0.05, 0) is 43.9 Å². The molecule has 1 N–H and O–H groups in total. The lowest BCUT2D eigenvalue weighted by Gasteiger charge is -2.11. The van der Waals surface area contributed by atoms with Crippen LogP contribution in [-0.2, 0) is 0 Å². The highest BCUT2D eigenvalue weighted by atomic mass is 16.5. The zero-order chi connectivity index (χ0) is 11.2. The standard InChI is InChI=1S/C13H18O2/c1-5-10-12(14)11-8(3)6-7(2)9(4)13(11)15-10/h6,10,12,14H,5H2,1-4H3. The summed E-state index contributed by atoms with van der Waals surface area (Å²) in [7, 11) is 0. The summed E-state index contributed by atoms with van der Waals surface area (Å²) in [5.41, 5.74) is 4.52. The van der Waals surface area contributed by atoms with Crippen molar-refractivity contribution >= 4 is 0 Å². The lowest BCUT2D eigenvalue weighted by molar-refractivity contribution is 0.0649. The topological polar surface area (TPSA) is 29.5 Å². The molecule has 82 valence electrons. The Morgan fingerprint density at radius 3 is 2.53 bits per heavy atom. The van der Waals surface area contributed by atoms with Crippen LogP contribution in [0.25, 0.3) is 0 Å². The van der Waals surface area contributed by atoms with Crippen molar-refractivity contribution < 1.29 is 9.84 Å². The van der Waals surface area contributed by atoms with Crippen LogP contribution >= 0.6 is 0 Å². The van der Waals surface area contributed by atoms with Gasteiger partial charge in [-0.25, -0.2) is 0 Å². The van der Waals surface area contributed by atoms with Gasteiger partial charge in [-0.2, -0.15) is 0 Å². The molecule has 0 spiro atoms. The molecular weight excluding hydrogens is 188 g/mol. The molecule has 1 aliphatic rings. The van der Waals surface area contributed by atoms with Gasteiger partial charge in [0.15, 0.2) is 0 Å². The van der Waals surface area contributed by atoms with Crippen LogP contribution in [-0.4, -0.2) is 11.2 Å². The fourth-order valence-corrected chi connectivity index (χ4v) is 2.30. The van der Waals surface area contributed by atoms with E-state index in [1.807, 2.05) is 13.8 Å². The van der Waals surface area contributed by atoms with Gasteiger partial charge in [0.25, 0.3) is 0 Å². The molecule has 2 rings (SSSR count). The maximum Gasteiger partial charge on any atom is 0.129 e. The Labute approximate surface area is 90.9 Å². The van der Waals surface area contributed by atoms with Crippen LogP contribution in [0.15, 0.2) is 6.07 Å². The van der Waals surface area contributed by atoms with Crippen molar-refractivity contribution in [1.82, 2.24) is 0 Å². The number of hydrogen-bond donors (Lipinski definition) is 1. The number of aliphatic hydroxyl groups excluding tert-OH is 1. The molecule has 1 aliphatic heterocycles. The summed E-state index contributed by atoms with van der Waals surface area (Å²) in [4.78, 5) is 0. The first kappa shape index (κ1) is 10.5. The zero-order valence-electron chi connectivity index (χ0n) is 9.79. The lowest BCUT2D eigenvalue weighted by Crippen LogP contribution is -2.17. The van der Waals surface area contributed by atoms with E-state index in [0.29, 0.717) is 0 Å². The van der Waals surface area contributed by atoms with Crippen LogP contribution in [0.1, 0.15) is 41.7 Å². The van der Waals surface area contributed by atoms with Gasteiger partial charge in [0.2, 0.25) is 0 Å².